The maximum atomic E-state index is 10.4. The predicted molar refractivity (Wildman–Crippen MR) is 118 cm³/mol. The van der Waals surface area contributed by atoms with E-state index in [1.54, 1.807) is 18.9 Å². The molecular weight excluding hydrogens is 356 g/mol. The number of hydrogen-bond acceptors (Lipinski definition) is 5. The minimum absolute atomic E-state index is 0.242. The molecule has 1 saturated heterocycles. The fourth-order valence-corrected chi connectivity index (χ4v) is 3.00. The maximum absolute atomic E-state index is 10.4. The second kappa shape index (κ2) is 18.2. The Bertz CT molecular complexity index is 486. The van der Waals surface area contributed by atoms with Crippen molar-refractivity contribution in [2.45, 2.75) is 64.5 Å². The van der Waals surface area contributed by atoms with Crippen molar-refractivity contribution in [1.82, 2.24) is 9.62 Å². The summed E-state index contributed by atoms with van der Waals surface area (Å²) in [6, 6.07) is 8.62. The van der Waals surface area contributed by atoms with Crippen LogP contribution in [0.4, 0.5) is 0 Å². The molecule has 0 unspecified atom stereocenters. The largest absolute Gasteiger partial charge is 0.306 e. The summed E-state index contributed by atoms with van der Waals surface area (Å²) in [5.41, 5.74) is 2.69. The highest BCUT2D eigenvalue weighted by molar-refractivity contribution is 7.96. The molecule has 1 aliphatic heterocycles. The van der Waals surface area contributed by atoms with Crippen LogP contribution in [0.2, 0.25) is 0 Å². The lowest BCUT2D eigenvalue weighted by Crippen LogP contribution is -2.10. The summed E-state index contributed by atoms with van der Waals surface area (Å²) in [6.07, 6.45) is 7.91. The summed E-state index contributed by atoms with van der Waals surface area (Å²) in [4.78, 5) is 22.6. The van der Waals surface area contributed by atoms with Crippen LogP contribution in [0.5, 0.6) is 0 Å². The Hall–Kier alpha value is -1.17. The number of rotatable bonds is 9. The van der Waals surface area contributed by atoms with Crippen molar-refractivity contribution >= 4 is 24.0 Å². The van der Waals surface area contributed by atoms with E-state index in [9.17, 15) is 9.59 Å². The smallest absolute Gasteiger partial charge is 0.129 e. The van der Waals surface area contributed by atoms with Crippen LogP contribution in [-0.2, 0) is 15.3 Å². The minimum Gasteiger partial charge on any atom is -0.306 e. The van der Waals surface area contributed by atoms with E-state index in [2.05, 4.69) is 47.9 Å². The van der Waals surface area contributed by atoms with E-state index in [4.69, 9.17) is 0 Å². The first kappa shape index (κ1) is 25.8. The summed E-state index contributed by atoms with van der Waals surface area (Å²) < 4.78 is 3.05. The molecule has 0 bridgehead atoms. The molecular formula is C22H38N2O2S. The van der Waals surface area contributed by atoms with Gasteiger partial charge in [0.05, 0.1) is 0 Å². The number of aryl methyl sites for hydroxylation is 1. The Morgan fingerprint density at radius 2 is 1.78 bits per heavy atom. The molecule has 5 heteroatoms. The number of unbranched alkanes of at least 4 members (excludes halogenated alkanes) is 3. The van der Waals surface area contributed by atoms with E-state index in [-0.39, 0.29) is 5.78 Å². The number of carbonyl (C=O) groups excluding carboxylic acids is 2. The monoisotopic (exact) mass is 394 g/mol. The number of nitrogens with one attached hydrogen (secondary N) is 1. The van der Waals surface area contributed by atoms with Gasteiger partial charge in [-0.1, -0.05) is 48.2 Å². The molecule has 0 spiro atoms. The Kier molecular flexibility index (Phi) is 17.4. The van der Waals surface area contributed by atoms with Gasteiger partial charge in [-0.25, -0.2) is 0 Å². The van der Waals surface area contributed by atoms with Crippen LogP contribution in [0.25, 0.3) is 0 Å². The Morgan fingerprint density at radius 1 is 1.15 bits per heavy atom. The summed E-state index contributed by atoms with van der Waals surface area (Å²) in [6.45, 7) is 6.34. The highest BCUT2D eigenvalue weighted by Crippen LogP contribution is 2.09. The molecule has 1 fully saturated rings. The average molecular weight is 395 g/mol. The van der Waals surface area contributed by atoms with Gasteiger partial charge in [0, 0.05) is 18.6 Å². The van der Waals surface area contributed by atoms with Crippen LogP contribution >= 0.6 is 11.9 Å². The zero-order chi connectivity index (χ0) is 20.3. The maximum Gasteiger partial charge on any atom is 0.129 e. The van der Waals surface area contributed by atoms with E-state index in [1.807, 2.05) is 7.05 Å². The van der Waals surface area contributed by atoms with Gasteiger partial charge in [-0.05, 0) is 72.3 Å². The van der Waals surface area contributed by atoms with Gasteiger partial charge in [-0.2, -0.15) is 0 Å². The number of aldehydes is 1. The van der Waals surface area contributed by atoms with Gasteiger partial charge in [0.2, 0.25) is 0 Å². The topological polar surface area (TPSA) is 49.4 Å². The lowest BCUT2D eigenvalue weighted by Gasteiger charge is -2.01. The van der Waals surface area contributed by atoms with Crippen LogP contribution in [0.15, 0.2) is 24.3 Å². The summed E-state index contributed by atoms with van der Waals surface area (Å²) >= 11 is 1.72. The van der Waals surface area contributed by atoms with Gasteiger partial charge in [0.15, 0.2) is 0 Å². The first-order valence-corrected chi connectivity index (χ1v) is 10.9. The van der Waals surface area contributed by atoms with E-state index < -0.39 is 0 Å². The summed E-state index contributed by atoms with van der Waals surface area (Å²) in [7, 11) is 4.12. The van der Waals surface area contributed by atoms with Crippen molar-refractivity contribution in [2.75, 3.05) is 27.2 Å². The lowest BCUT2D eigenvalue weighted by molar-refractivity contribution is -0.117. The molecule has 0 saturated carbocycles. The van der Waals surface area contributed by atoms with E-state index >= 15 is 0 Å². The molecule has 27 heavy (non-hydrogen) atoms. The zero-order valence-corrected chi connectivity index (χ0v) is 18.4. The summed E-state index contributed by atoms with van der Waals surface area (Å²) in [5.74, 6) is 1.28. The molecule has 0 aliphatic carbocycles. The van der Waals surface area contributed by atoms with Crippen molar-refractivity contribution in [3.63, 3.8) is 0 Å². The normalized spacial score (nSPS) is 13.2. The van der Waals surface area contributed by atoms with Gasteiger partial charge in [0.25, 0.3) is 0 Å². The number of likely N-dealkylation sites (tertiary alicyclic amines) is 1. The van der Waals surface area contributed by atoms with E-state index in [1.165, 1.54) is 37.1 Å². The highest BCUT2D eigenvalue weighted by atomic mass is 32.2. The lowest BCUT2D eigenvalue weighted by atomic mass is 10.1. The standard InChI is InChI=1S/C9H13NS.C8H14O2.C5H11N/c1-8-3-5-9(6-4-8)7-11-10-2;1-8(10)6-4-2-3-5-7-9;1-6-4-2-3-5-6/h3-6,10H,7H2,1-2H3;7H,2-6H2,1H3;2-5H2,1H3. The molecule has 0 atom stereocenters. The first-order valence-electron chi connectivity index (χ1n) is 9.95. The van der Waals surface area contributed by atoms with E-state index in [0.717, 1.165) is 31.3 Å². The molecule has 0 amide bonds. The van der Waals surface area contributed by atoms with Gasteiger partial charge in [-0.3, -0.25) is 4.72 Å². The Morgan fingerprint density at radius 3 is 2.22 bits per heavy atom. The Labute approximate surface area is 170 Å². The number of benzene rings is 1. The molecule has 0 aromatic heterocycles. The SMILES string of the molecule is CC(=O)CCCCCC=O.CN1CCCC1.CNSCc1ccc(C)cc1. The number of hydrogen-bond donors (Lipinski definition) is 1. The average Bonchev–Trinajstić information content (AvgIpc) is 3.13. The van der Waals surface area contributed by atoms with Gasteiger partial charge < -0.3 is 14.5 Å². The van der Waals surface area contributed by atoms with Crippen LogP contribution in [0.1, 0.15) is 63.0 Å². The van der Waals surface area contributed by atoms with Crippen molar-refractivity contribution in [3.8, 4) is 0 Å². The Balaban J connectivity index is 0.000000391. The van der Waals surface area contributed by atoms with Crippen LogP contribution in [0, 0.1) is 6.92 Å². The number of carbonyl (C=O) groups is 2. The highest BCUT2D eigenvalue weighted by Gasteiger charge is 2.03. The van der Waals surface area contributed by atoms with Crippen molar-refractivity contribution in [3.05, 3.63) is 35.4 Å². The number of Topliss-reactive ketones (excluding diaryl/α,β-unsaturated/α-hetero) is 1. The molecule has 4 nitrogen and oxygen atoms in total. The zero-order valence-electron chi connectivity index (χ0n) is 17.6. The molecule has 1 aromatic rings. The van der Waals surface area contributed by atoms with Crippen molar-refractivity contribution in [2.24, 2.45) is 0 Å². The molecule has 1 N–H and O–H groups in total. The molecule has 1 heterocycles. The molecule has 0 radical (unpaired) electrons. The summed E-state index contributed by atoms with van der Waals surface area (Å²) in [5, 5.41) is 0. The number of nitrogens with zero attached hydrogens (tertiary/aromatic N) is 1. The molecule has 1 aromatic carbocycles. The van der Waals surface area contributed by atoms with Crippen LogP contribution < -0.4 is 4.72 Å². The predicted octanol–water partition coefficient (Wildman–Crippen LogP) is 4.80. The van der Waals surface area contributed by atoms with Crippen LogP contribution in [0.3, 0.4) is 0 Å². The molecule has 154 valence electrons. The van der Waals surface area contributed by atoms with Crippen molar-refractivity contribution < 1.29 is 9.59 Å². The second-order valence-electron chi connectivity index (χ2n) is 6.96. The molecule has 1 aliphatic rings. The van der Waals surface area contributed by atoms with E-state index in [0.29, 0.717) is 12.8 Å². The van der Waals surface area contributed by atoms with Gasteiger partial charge in [-0.15, -0.1) is 0 Å². The van der Waals surface area contributed by atoms with Crippen molar-refractivity contribution in [1.29, 1.82) is 0 Å². The fraction of sp³-hybridized carbons (Fsp3) is 0.636. The van der Waals surface area contributed by atoms with Crippen LogP contribution in [-0.4, -0.2) is 44.2 Å². The fourth-order valence-electron chi connectivity index (χ4n) is 2.49. The molecule has 2 rings (SSSR count). The third-order valence-electron chi connectivity index (χ3n) is 4.18. The second-order valence-corrected chi connectivity index (χ2v) is 7.94. The third kappa shape index (κ3) is 18.0. The minimum atomic E-state index is 0.242. The number of ketones is 1. The van der Waals surface area contributed by atoms with Gasteiger partial charge >= 0.3 is 0 Å². The van der Waals surface area contributed by atoms with Gasteiger partial charge in [0.1, 0.15) is 12.1 Å². The third-order valence-corrected chi connectivity index (χ3v) is 4.95. The first-order chi connectivity index (χ1) is 13.0. The quantitative estimate of drug-likeness (QED) is 0.370.